The Balaban J connectivity index is 2.26. The minimum absolute atomic E-state index is 0.0291. The predicted molar refractivity (Wildman–Crippen MR) is 74.1 cm³/mol. The van der Waals surface area contributed by atoms with Gasteiger partial charge < -0.3 is 5.73 Å². The van der Waals surface area contributed by atoms with Crippen LogP contribution in [-0.2, 0) is 7.05 Å². The van der Waals surface area contributed by atoms with Gasteiger partial charge in [0.05, 0.1) is 11.4 Å². The number of nitrogens with two attached hydrogens (primary N) is 1. The standard InChI is InChI=1S/C11H18N6OS/c1-7(2)17-10(18)14-15-11(17)19-9(4-12)8-5-13-16(3)6-8/h5-7,9H,4,12H2,1-3H3,(H,14,18). The molecule has 7 nitrogen and oxygen atoms in total. The highest BCUT2D eigenvalue weighted by atomic mass is 32.2. The van der Waals surface area contributed by atoms with Crippen molar-refractivity contribution < 1.29 is 0 Å². The van der Waals surface area contributed by atoms with E-state index in [4.69, 9.17) is 5.73 Å². The molecule has 104 valence electrons. The summed E-state index contributed by atoms with van der Waals surface area (Å²) in [7, 11) is 1.86. The number of aryl methyl sites for hydroxylation is 1. The van der Waals surface area contributed by atoms with Gasteiger partial charge in [-0.2, -0.15) is 5.10 Å². The lowest BCUT2D eigenvalue weighted by atomic mass is 10.2. The maximum absolute atomic E-state index is 11.7. The summed E-state index contributed by atoms with van der Waals surface area (Å²) in [6.07, 6.45) is 3.71. The fourth-order valence-electron chi connectivity index (χ4n) is 1.81. The summed E-state index contributed by atoms with van der Waals surface area (Å²) in [6.45, 7) is 4.35. The molecule has 19 heavy (non-hydrogen) atoms. The van der Waals surface area contributed by atoms with Gasteiger partial charge in [0.15, 0.2) is 5.16 Å². The highest BCUT2D eigenvalue weighted by molar-refractivity contribution is 7.99. The van der Waals surface area contributed by atoms with Crippen molar-refractivity contribution in [1.82, 2.24) is 24.5 Å². The van der Waals surface area contributed by atoms with Crippen LogP contribution >= 0.6 is 11.8 Å². The Morgan fingerprint density at radius 2 is 2.26 bits per heavy atom. The Morgan fingerprint density at radius 3 is 2.79 bits per heavy atom. The van der Waals surface area contributed by atoms with E-state index in [0.717, 1.165) is 5.56 Å². The van der Waals surface area contributed by atoms with Gasteiger partial charge in [-0.15, -0.1) is 5.10 Å². The molecule has 1 atom stereocenters. The van der Waals surface area contributed by atoms with E-state index in [0.29, 0.717) is 11.7 Å². The van der Waals surface area contributed by atoms with Gasteiger partial charge in [0, 0.05) is 31.4 Å². The van der Waals surface area contributed by atoms with E-state index in [1.807, 2.05) is 27.1 Å². The Bertz CT molecular complexity index is 598. The van der Waals surface area contributed by atoms with Crippen LogP contribution in [0.25, 0.3) is 0 Å². The Kier molecular flexibility index (Phi) is 4.11. The Hall–Kier alpha value is -1.54. The summed E-state index contributed by atoms with van der Waals surface area (Å²) < 4.78 is 3.36. The molecule has 0 aliphatic heterocycles. The minimum Gasteiger partial charge on any atom is -0.329 e. The molecule has 2 aromatic heterocycles. The van der Waals surface area contributed by atoms with E-state index in [1.54, 1.807) is 15.4 Å². The van der Waals surface area contributed by atoms with E-state index < -0.39 is 0 Å². The minimum atomic E-state index is -0.195. The number of nitrogens with zero attached hydrogens (tertiary/aromatic N) is 4. The van der Waals surface area contributed by atoms with Gasteiger partial charge in [-0.3, -0.25) is 9.25 Å². The molecule has 0 amide bonds. The van der Waals surface area contributed by atoms with Crippen LogP contribution in [0.1, 0.15) is 30.7 Å². The van der Waals surface area contributed by atoms with Crippen LogP contribution in [0.3, 0.4) is 0 Å². The van der Waals surface area contributed by atoms with Crippen LogP contribution in [0.2, 0.25) is 0 Å². The molecule has 0 aromatic carbocycles. The van der Waals surface area contributed by atoms with Gasteiger partial charge in [0.2, 0.25) is 0 Å². The summed E-state index contributed by atoms with van der Waals surface area (Å²) in [5, 5.41) is 11.4. The SMILES string of the molecule is CC(C)n1c(SC(CN)c2cnn(C)c2)n[nH]c1=O. The first-order chi connectivity index (χ1) is 9.02. The lowest BCUT2D eigenvalue weighted by Crippen LogP contribution is -2.20. The van der Waals surface area contributed by atoms with Crippen molar-refractivity contribution in [3.63, 3.8) is 0 Å². The highest BCUT2D eigenvalue weighted by Gasteiger charge is 2.19. The molecule has 0 saturated carbocycles. The van der Waals surface area contributed by atoms with Crippen molar-refractivity contribution in [2.75, 3.05) is 6.54 Å². The Morgan fingerprint density at radius 1 is 1.53 bits per heavy atom. The number of hydrogen-bond acceptors (Lipinski definition) is 5. The van der Waals surface area contributed by atoms with Crippen LogP contribution in [0.15, 0.2) is 22.3 Å². The van der Waals surface area contributed by atoms with Crippen molar-refractivity contribution in [2.45, 2.75) is 30.3 Å². The van der Waals surface area contributed by atoms with E-state index in [-0.39, 0.29) is 17.0 Å². The zero-order chi connectivity index (χ0) is 14.0. The molecule has 8 heteroatoms. The van der Waals surface area contributed by atoms with Crippen molar-refractivity contribution in [2.24, 2.45) is 12.8 Å². The average Bonchev–Trinajstić information content (AvgIpc) is 2.92. The number of hydrogen-bond donors (Lipinski definition) is 2. The van der Waals surface area contributed by atoms with E-state index in [9.17, 15) is 4.79 Å². The summed E-state index contributed by atoms with van der Waals surface area (Å²) in [5.74, 6) is 0. The largest absolute Gasteiger partial charge is 0.344 e. The molecule has 0 aliphatic carbocycles. The molecule has 0 saturated heterocycles. The first-order valence-electron chi connectivity index (χ1n) is 6.05. The van der Waals surface area contributed by atoms with Crippen LogP contribution in [-0.4, -0.2) is 31.1 Å². The summed E-state index contributed by atoms with van der Waals surface area (Å²) >= 11 is 1.47. The molecule has 0 fully saturated rings. The number of H-pyrrole nitrogens is 1. The van der Waals surface area contributed by atoms with Crippen LogP contribution in [0, 0.1) is 0 Å². The molecular weight excluding hydrogens is 264 g/mol. The third-order valence-corrected chi connectivity index (χ3v) is 3.99. The van der Waals surface area contributed by atoms with E-state index in [1.165, 1.54) is 11.8 Å². The van der Waals surface area contributed by atoms with Crippen molar-refractivity contribution in [1.29, 1.82) is 0 Å². The van der Waals surface area contributed by atoms with Crippen molar-refractivity contribution in [3.8, 4) is 0 Å². The summed E-state index contributed by atoms with van der Waals surface area (Å²) in [5.41, 5.74) is 6.65. The third-order valence-electron chi connectivity index (χ3n) is 2.75. The zero-order valence-corrected chi connectivity index (χ0v) is 12.0. The number of aromatic amines is 1. The number of aromatic nitrogens is 5. The maximum atomic E-state index is 11.7. The normalized spacial score (nSPS) is 13.1. The maximum Gasteiger partial charge on any atom is 0.344 e. The first-order valence-corrected chi connectivity index (χ1v) is 6.93. The quantitative estimate of drug-likeness (QED) is 0.786. The van der Waals surface area contributed by atoms with Crippen LogP contribution < -0.4 is 11.4 Å². The van der Waals surface area contributed by atoms with Crippen molar-refractivity contribution >= 4 is 11.8 Å². The second kappa shape index (κ2) is 5.62. The summed E-state index contributed by atoms with van der Waals surface area (Å²) in [6, 6.07) is 0.0565. The fraction of sp³-hybridized carbons (Fsp3) is 0.545. The molecule has 0 spiro atoms. The van der Waals surface area contributed by atoms with Gasteiger partial charge in [0.1, 0.15) is 0 Å². The summed E-state index contributed by atoms with van der Waals surface area (Å²) in [4.78, 5) is 11.7. The van der Waals surface area contributed by atoms with Gasteiger partial charge in [-0.25, -0.2) is 9.89 Å². The number of nitrogens with one attached hydrogen (secondary N) is 1. The second-order valence-electron chi connectivity index (χ2n) is 4.56. The molecule has 2 rings (SSSR count). The topological polar surface area (TPSA) is 94.5 Å². The van der Waals surface area contributed by atoms with Gasteiger partial charge >= 0.3 is 5.69 Å². The predicted octanol–water partition coefficient (Wildman–Crippen LogP) is 0.678. The third kappa shape index (κ3) is 2.90. The first kappa shape index (κ1) is 13.9. The van der Waals surface area contributed by atoms with Gasteiger partial charge in [-0.05, 0) is 13.8 Å². The van der Waals surface area contributed by atoms with E-state index >= 15 is 0 Å². The zero-order valence-electron chi connectivity index (χ0n) is 11.2. The van der Waals surface area contributed by atoms with Crippen LogP contribution in [0.4, 0.5) is 0 Å². The molecule has 2 aromatic rings. The van der Waals surface area contributed by atoms with Gasteiger partial charge in [0.25, 0.3) is 0 Å². The molecule has 3 N–H and O–H groups in total. The molecular formula is C11H18N6OS. The lowest BCUT2D eigenvalue weighted by Gasteiger charge is -2.14. The fourth-order valence-corrected chi connectivity index (χ4v) is 2.93. The molecule has 0 radical (unpaired) electrons. The van der Waals surface area contributed by atoms with Gasteiger partial charge in [-0.1, -0.05) is 11.8 Å². The highest BCUT2D eigenvalue weighted by Crippen LogP contribution is 2.33. The number of rotatable bonds is 5. The lowest BCUT2D eigenvalue weighted by molar-refractivity contribution is 0.533. The molecule has 0 bridgehead atoms. The molecule has 0 aliphatic rings. The van der Waals surface area contributed by atoms with Crippen molar-refractivity contribution in [3.05, 3.63) is 28.4 Å². The second-order valence-corrected chi connectivity index (χ2v) is 5.73. The Labute approximate surface area is 115 Å². The van der Waals surface area contributed by atoms with E-state index in [2.05, 4.69) is 15.3 Å². The monoisotopic (exact) mass is 282 g/mol. The van der Waals surface area contributed by atoms with Crippen LogP contribution in [0.5, 0.6) is 0 Å². The molecule has 2 heterocycles. The smallest absolute Gasteiger partial charge is 0.329 e. The molecule has 1 unspecified atom stereocenters. The average molecular weight is 282 g/mol. The number of thioether (sulfide) groups is 1.